The number of nitrogens with two attached hydrogens (primary N) is 2. The minimum atomic E-state index is -3.70. The average molecular weight is 352 g/mol. The monoisotopic (exact) mass is 352 g/mol. The van der Waals surface area contributed by atoms with Gasteiger partial charge in [0, 0.05) is 6.54 Å². The molecule has 0 bridgehead atoms. The molecule has 1 unspecified atom stereocenters. The van der Waals surface area contributed by atoms with Crippen LogP contribution in [0.4, 0.5) is 0 Å². The number of rotatable bonds is 13. The maximum atomic E-state index is 12.7. The van der Waals surface area contributed by atoms with Crippen molar-refractivity contribution < 1.29 is 23.5 Å². The number of nitrogens with zero attached hydrogens (tertiary/aromatic N) is 1. The Balaban J connectivity index is 4.75. The number of carboxylic acid groups (broad SMARTS) is 1. The van der Waals surface area contributed by atoms with E-state index in [0.29, 0.717) is 19.4 Å². The fourth-order valence-electron chi connectivity index (χ4n) is 1.64. The molecule has 0 fully saturated rings. The number of unbranched alkanes of at least 4 members (excludes halogenated alkanes) is 1. The summed E-state index contributed by atoms with van der Waals surface area (Å²) in [5.41, 5.74) is 10.4. The SMILES string of the molecule is CCCCOP(=O)(N[C@@H](CCCN=C(N)N)C(=O)O)OC(C)C. The number of hydrogen-bond acceptors (Lipinski definition) is 5. The zero-order chi connectivity index (χ0) is 17.9. The van der Waals surface area contributed by atoms with Gasteiger partial charge in [-0.1, -0.05) is 13.3 Å². The van der Waals surface area contributed by atoms with E-state index in [1.54, 1.807) is 13.8 Å². The molecular weight excluding hydrogens is 323 g/mol. The van der Waals surface area contributed by atoms with E-state index >= 15 is 0 Å². The van der Waals surface area contributed by atoms with Gasteiger partial charge in [-0.3, -0.25) is 18.8 Å². The van der Waals surface area contributed by atoms with Crippen molar-refractivity contribution in [3.05, 3.63) is 0 Å². The standard InChI is InChI=1S/C13H29N4O5P/c1-4-5-9-21-23(20,22-10(2)3)17-11(12(18)19)7-6-8-16-13(14)15/h10-11H,4-9H2,1-3H3,(H,17,20)(H,18,19)(H4,14,15,16)/t11-,23?/m0/s1. The molecule has 10 heteroatoms. The van der Waals surface area contributed by atoms with Crippen LogP contribution in [0.1, 0.15) is 46.5 Å². The summed E-state index contributed by atoms with van der Waals surface area (Å²) in [5.74, 6) is -1.19. The first-order valence-corrected chi connectivity index (χ1v) is 9.23. The summed E-state index contributed by atoms with van der Waals surface area (Å²) in [7, 11) is -3.70. The van der Waals surface area contributed by atoms with E-state index in [4.69, 9.17) is 20.5 Å². The molecule has 0 aromatic heterocycles. The molecule has 9 nitrogen and oxygen atoms in total. The summed E-state index contributed by atoms with van der Waals surface area (Å²) < 4.78 is 23.3. The molecule has 136 valence electrons. The summed E-state index contributed by atoms with van der Waals surface area (Å²) in [5, 5.41) is 11.8. The third-order valence-electron chi connectivity index (χ3n) is 2.67. The molecule has 0 saturated carbocycles. The number of aliphatic imine (C=N–C) groups is 1. The zero-order valence-corrected chi connectivity index (χ0v) is 14.9. The van der Waals surface area contributed by atoms with Gasteiger partial charge in [0.05, 0.1) is 12.7 Å². The van der Waals surface area contributed by atoms with Crippen molar-refractivity contribution in [2.45, 2.75) is 58.6 Å². The molecular formula is C13H29N4O5P. The first-order valence-electron chi connectivity index (χ1n) is 7.69. The molecule has 0 aliphatic heterocycles. The van der Waals surface area contributed by atoms with Gasteiger partial charge in [0.25, 0.3) is 0 Å². The van der Waals surface area contributed by atoms with E-state index in [1.165, 1.54) is 0 Å². The highest BCUT2D eigenvalue weighted by atomic mass is 31.2. The third kappa shape index (κ3) is 11.1. The first kappa shape index (κ1) is 21.9. The Morgan fingerprint density at radius 3 is 2.48 bits per heavy atom. The van der Waals surface area contributed by atoms with E-state index in [1.807, 2.05) is 6.92 Å². The normalized spacial score (nSPS) is 15.1. The Hall–Kier alpha value is -1.15. The molecule has 0 rings (SSSR count). The van der Waals surface area contributed by atoms with E-state index in [2.05, 4.69) is 10.1 Å². The van der Waals surface area contributed by atoms with Gasteiger partial charge in [-0.2, -0.15) is 0 Å². The van der Waals surface area contributed by atoms with Gasteiger partial charge in [0.2, 0.25) is 0 Å². The Kier molecular flexibility index (Phi) is 10.8. The number of hydrogen-bond donors (Lipinski definition) is 4. The van der Waals surface area contributed by atoms with Gasteiger partial charge < -0.3 is 16.6 Å². The zero-order valence-electron chi connectivity index (χ0n) is 14.0. The van der Waals surface area contributed by atoms with Crippen molar-refractivity contribution in [2.75, 3.05) is 13.2 Å². The van der Waals surface area contributed by atoms with E-state index in [-0.39, 0.29) is 25.1 Å². The van der Waals surface area contributed by atoms with Crippen LogP contribution in [0.25, 0.3) is 0 Å². The molecule has 0 aromatic rings. The molecule has 0 saturated heterocycles. The Morgan fingerprint density at radius 1 is 1.35 bits per heavy atom. The van der Waals surface area contributed by atoms with Crippen LogP contribution < -0.4 is 16.6 Å². The Morgan fingerprint density at radius 2 is 2.00 bits per heavy atom. The van der Waals surface area contributed by atoms with Crippen LogP contribution in [0.15, 0.2) is 4.99 Å². The van der Waals surface area contributed by atoms with Crippen LogP contribution >= 0.6 is 7.75 Å². The molecule has 0 aliphatic carbocycles. The quantitative estimate of drug-likeness (QED) is 0.168. The molecule has 2 atom stereocenters. The summed E-state index contributed by atoms with van der Waals surface area (Å²) in [4.78, 5) is 15.1. The molecule has 0 heterocycles. The fourth-order valence-corrected chi connectivity index (χ4v) is 3.38. The molecule has 0 spiro atoms. The van der Waals surface area contributed by atoms with Gasteiger partial charge in [-0.15, -0.1) is 0 Å². The molecule has 0 aliphatic rings. The maximum absolute atomic E-state index is 12.7. The highest BCUT2D eigenvalue weighted by Crippen LogP contribution is 2.46. The van der Waals surface area contributed by atoms with Crippen LogP contribution in [0.5, 0.6) is 0 Å². The number of nitrogens with one attached hydrogen (secondary N) is 1. The smallest absolute Gasteiger partial charge is 0.406 e. The number of carbonyl (C=O) groups is 1. The van der Waals surface area contributed by atoms with Crippen molar-refractivity contribution in [1.82, 2.24) is 5.09 Å². The highest BCUT2D eigenvalue weighted by molar-refractivity contribution is 7.51. The van der Waals surface area contributed by atoms with Gasteiger partial charge in [-0.05, 0) is 33.1 Å². The molecule has 0 amide bonds. The minimum Gasteiger partial charge on any atom is -0.480 e. The second-order valence-electron chi connectivity index (χ2n) is 5.31. The Labute approximate surface area is 137 Å². The lowest BCUT2D eigenvalue weighted by atomic mass is 10.2. The number of carboxylic acids is 1. The van der Waals surface area contributed by atoms with Crippen LogP contribution in [0, 0.1) is 0 Å². The van der Waals surface area contributed by atoms with E-state index in [0.717, 1.165) is 6.42 Å². The maximum Gasteiger partial charge on any atom is 0.406 e. The second-order valence-corrected chi connectivity index (χ2v) is 7.03. The first-order chi connectivity index (χ1) is 10.7. The molecule has 0 radical (unpaired) electrons. The number of aliphatic carboxylic acids is 1. The predicted molar refractivity (Wildman–Crippen MR) is 89.2 cm³/mol. The molecule has 6 N–H and O–H groups in total. The predicted octanol–water partition coefficient (Wildman–Crippen LogP) is 1.43. The minimum absolute atomic E-state index is 0.0541. The van der Waals surface area contributed by atoms with Crippen molar-refractivity contribution in [3.8, 4) is 0 Å². The fraction of sp³-hybridized carbons (Fsp3) is 0.846. The van der Waals surface area contributed by atoms with Gasteiger partial charge in [-0.25, -0.2) is 9.65 Å². The van der Waals surface area contributed by atoms with Crippen LogP contribution in [0.2, 0.25) is 0 Å². The van der Waals surface area contributed by atoms with Crippen LogP contribution in [0.3, 0.4) is 0 Å². The van der Waals surface area contributed by atoms with Crippen molar-refractivity contribution in [2.24, 2.45) is 16.5 Å². The van der Waals surface area contributed by atoms with Crippen LogP contribution in [-0.4, -0.2) is 42.3 Å². The average Bonchev–Trinajstić information content (AvgIpc) is 2.41. The largest absolute Gasteiger partial charge is 0.480 e. The van der Waals surface area contributed by atoms with Crippen LogP contribution in [-0.2, 0) is 18.4 Å². The third-order valence-corrected chi connectivity index (χ3v) is 4.52. The summed E-state index contributed by atoms with van der Waals surface area (Å²) in [6, 6.07) is -1.07. The summed E-state index contributed by atoms with van der Waals surface area (Å²) in [6.07, 6.45) is 1.80. The summed E-state index contributed by atoms with van der Waals surface area (Å²) in [6.45, 7) is 5.89. The van der Waals surface area contributed by atoms with E-state index in [9.17, 15) is 14.5 Å². The lowest BCUT2D eigenvalue weighted by Gasteiger charge is -2.24. The Bertz CT molecular complexity index is 427. The molecule has 0 aromatic carbocycles. The second kappa shape index (κ2) is 11.4. The lowest BCUT2D eigenvalue weighted by Crippen LogP contribution is -2.36. The lowest BCUT2D eigenvalue weighted by molar-refractivity contribution is -0.139. The van der Waals surface area contributed by atoms with Crippen molar-refractivity contribution in [1.29, 1.82) is 0 Å². The highest BCUT2D eigenvalue weighted by Gasteiger charge is 2.32. The van der Waals surface area contributed by atoms with E-state index < -0.39 is 19.8 Å². The number of guanidine groups is 1. The van der Waals surface area contributed by atoms with Gasteiger partial charge in [0.15, 0.2) is 5.96 Å². The molecule has 23 heavy (non-hydrogen) atoms. The van der Waals surface area contributed by atoms with Gasteiger partial charge in [0.1, 0.15) is 6.04 Å². The van der Waals surface area contributed by atoms with Crippen molar-refractivity contribution >= 4 is 19.7 Å². The summed E-state index contributed by atoms with van der Waals surface area (Å²) >= 11 is 0. The van der Waals surface area contributed by atoms with Gasteiger partial charge >= 0.3 is 13.7 Å². The van der Waals surface area contributed by atoms with Crippen molar-refractivity contribution in [3.63, 3.8) is 0 Å². The topological polar surface area (TPSA) is 149 Å².